The van der Waals surface area contributed by atoms with Gasteiger partial charge in [-0.1, -0.05) is 36.4 Å². The topological polar surface area (TPSA) is 44.9 Å². The van der Waals surface area contributed by atoms with Crippen molar-refractivity contribution in [1.82, 2.24) is 10.3 Å². The number of fused-ring (bicyclic) bond motifs is 1. The molecule has 2 N–H and O–H groups in total. The Balaban J connectivity index is 1.79. The molecular weight excluding hydrogens is 291 g/mol. The van der Waals surface area contributed by atoms with E-state index in [-0.39, 0.29) is 17.6 Å². The molecule has 0 fully saturated rings. The molecule has 118 valence electrons. The van der Waals surface area contributed by atoms with Gasteiger partial charge in [0.1, 0.15) is 5.82 Å². The van der Waals surface area contributed by atoms with Crippen LogP contribution in [0.2, 0.25) is 0 Å². The fraction of sp³-hybridized carbons (Fsp3) is 0.211. The second-order valence-corrected chi connectivity index (χ2v) is 5.74. The van der Waals surface area contributed by atoms with Crippen LogP contribution in [0.5, 0.6) is 0 Å². The van der Waals surface area contributed by atoms with Crippen molar-refractivity contribution in [3.05, 3.63) is 71.7 Å². The molecule has 3 aromatic rings. The lowest BCUT2D eigenvalue weighted by molar-refractivity contribution is 0.0947. The summed E-state index contributed by atoms with van der Waals surface area (Å²) in [4.78, 5) is 15.8. The molecule has 0 saturated heterocycles. The van der Waals surface area contributed by atoms with Crippen LogP contribution in [0.3, 0.4) is 0 Å². The lowest BCUT2D eigenvalue weighted by Gasteiger charge is -2.19. The zero-order valence-electron chi connectivity index (χ0n) is 13.1. The van der Waals surface area contributed by atoms with Crippen molar-refractivity contribution in [2.45, 2.75) is 25.9 Å². The summed E-state index contributed by atoms with van der Waals surface area (Å²) in [5.41, 5.74) is 2.15. The Hall–Kier alpha value is -2.46. The molecule has 2 atom stereocenters. The number of ketones is 1. The predicted octanol–water partition coefficient (Wildman–Crippen LogP) is 4.23. The minimum atomic E-state index is -0.413. The first kappa shape index (κ1) is 15.4. The Morgan fingerprint density at radius 3 is 2.57 bits per heavy atom. The average molecular weight is 310 g/mol. The number of halogens is 1. The number of carbonyl (C=O) groups is 1. The molecule has 0 bridgehead atoms. The molecule has 0 saturated carbocycles. The second-order valence-electron chi connectivity index (χ2n) is 5.74. The smallest absolute Gasteiger partial charge is 0.181 e. The van der Waals surface area contributed by atoms with Gasteiger partial charge in [-0.15, -0.1) is 0 Å². The molecule has 23 heavy (non-hydrogen) atoms. The Kier molecular flexibility index (Phi) is 4.26. The van der Waals surface area contributed by atoms with Crippen molar-refractivity contribution in [2.75, 3.05) is 0 Å². The van der Waals surface area contributed by atoms with Crippen molar-refractivity contribution in [2.24, 2.45) is 0 Å². The SMILES string of the molecule is CC(NC(C)c1ccccc1F)C(=O)c1c[nH]c2ccccc12. The van der Waals surface area contributed by atoms with E-state index in [9.17, 15) is 9.18 Å². The van der Waals surface area contributed by atoms with E-state index in [0.29, 0.717) is 11.1 Å². The number of hydrogen-bond donors (Lipinski definition) is 2. The van der Waals surface area contributed by atoms with E-state index in [4.69, 9.17) is 0 Å². The first-order valence-corrected chi connectivity index (χ1v) is 7.68. The van der Waals surface area contributed by atoms with Gasteiger partial charge in [-0.2, -0.15) is 0 Å². The van der Waals surface area contributed by atoms with Gasteiger partial charge in [0.2, 0.25) is 0 Å². The van der Waals surface area contributed by atoms with Gasteiger partial charge in [0, 0.05) is 34.3 Å². The number of carbonyl (C=O) groups excluding carboxylic acids is 1. The maximum Gasteiger partial charge on any atom is 0.181 e. The third kappa shape index (κ3) is 3.03. The minimum Gasteiger partial charge on any atom is -0.360 e. The number of rotatable bonds is 5. The van der Waals surface area contributed by atoms with Crippen LogP contribution in [0.15, 0.2) is 54.7 Å². The van der Waals surface area contributed by atoms with Gasteiger partial charge in [0.05, 0.1) is 6.04 Å². The highest BCUT2D eigenvalue weighted by atomic mass is 19.1. The minimum absolute atomic E-state index is 0.00867. The third-order valence-electron chi connectivity index (χ3n) is 4.12. The molecule has 0 radical (unpaired) electrons. The number of H-pyrrole nitrogens is 1. The normalized spacial score (nSPS) is 13.9. The number of nitrogens with one attached hydrogen (secondary N) is 2. The van der Waals surface area contributed by atoms with Crippen molar-refractivity contribution in [3.8, 4) is 0 Å². The van der Waals surface area contributed by atoms with E-state index in [1.807, 2.05) is 31.2 Å². The molecule has 2 aromatic carbocycles. The number of Topliss-reactive ketones (excluding diaryl/α,β-unsaturated/α-hetero) is 1. The van der Waals surface area contributed by atoms with Crippen LogP contribution in [0, 0.1) is 5.82 Å². The summed E-state index contributed by atoms with van der Waals surface area (Å²) in [7, 11) is 0. The second kappa shape index (κ2) is 6.34. The first-order valence-electron chi connectivity index (χ1n) is 7.68. The van der Waals surface area contributed by atoms with Crippen LogP contribution >= 0.6 is 0 Å². The number of aromatic nitrogens is 1. The molecule has 1 aromatic heterocycles. The van der Waals surface area contributed by atoms with E-state index < -0.39 is 6.04 Å². The molecule has 3 nitrogen and oxygen atoms in total. The van der Waals surface area contributed by atoms with Gasteiger partial charge in [-0.05, 0) is 26.0 Å². The Morgan fingerprint density at radius 2 is 1.78 bits per heavy atom. The van der Waals surface area contributed by atoms with Gasteiger partial charge >= 0.3 is 0 Å². The molecule has 0 aliphatic heterocycles. The molecular formula is C19H19FN2O. The number of para-hydroxylation sites is 1. The van der Waals surface area contributed by atoms with Crippen LogP contribution in [0.25, 0.3) is 10.9 Å². The van der Waals surface area contributed by atoms with E-state index in [0.717, 1.165) is 10.9 Å². The molecule has 0 amide bonds. The molecule has 0 aliphatic rings. The summed E-state index contributed by atoms with van der Waals surface area (Å²) in [6.45, 7) is 3.67. The Labute approximate surface area is 134 Å². The summed E-state index contributed by atoms with van der Waals surface area (Å²) in [5.74, 6) is -0.273. The summed E-state index contributed by atoms with van der Waals surface area (Å²) in [5, 5.41) is 4.09. The van der Waals surface area contributed by atoms with Crippen molar-refractivity contribution >= 4 is 16.7 Å². The maximum atomic E-state index is 13.8. The number of benzene rings is 2. The largest absolute Gasteiger partial charge is 0.360 e. The van der Waals surface area contributed by atoms with Crippen LogP contribution in [-0.4, -0.2) is 16.8 Å². The van der Waals surface area contributed by atoms with Crippen LogP contribution in [0.4, 0.5) is 4.39 Å². The summed E-state index contributed by atoms with van der Waals surface area (Å²) in [6, 6.07) is 13.6. The predicted molar refractivity (Wildman–Crippen MR) is 90.0 cm³/mol. The van der Waals surface area contributed by atoms with Gasteiger partial charge in [0.25, 0.3) is 0 Å². The number of hydrogen-bond acceptors (Lipinski definition) is 2. The van der Waals surface area contributed by atoms with E-state index in [2.05, 4.69) is 10.3 Å². The first-order chi connectivity index (χ1) is 11.1. The average Bonchev–Trinajstić information content (AvgIpc) is 2.98. The maximum absolute atomic E-state index is 13.8. The molecule has 1 heterocycles. The zero-order valence-corrected chi connectivity index (χ0v) is 13.1. The highest BCUT2D eigenvalue weighted by molar-refractivity contribution is 6.10. The highest BCUT2D eigenvalue weighted by Crippen LogP contribution is 2.21. The number of aromatic amines is 1. The van der Waals surface area contributed by atoms with Gasteiger partial charge in [0.15, 0.2) is 5.78 Å². The standard InChI is InChI=1S/C19H19FN2O/c1-12(14-7-3-5-9-17(14)20)22-13(2)19(23)16-11-21-18-10-6-4-8-15(16)18/h3-13,21-22H,1-2H3. The van der Waals surface area contributed by atoms with Crippen molar-refractivity contribution in [3.63, 3.8) is 0 Å². The fourth-order valence-electron chi connectivity index (χ4n) is 2.88. The molecule has 0 aliphatic carbocycles. The van der Waals surface area contributed by atoms with Gasteiger partial charge in [-0.3, -0.25) is 4.79 Å². The van der Waals surface area contributed by atoms with E-state index in [1.54, 1.807) is 31.3 Å². The Morgan fingerprint density at radius 1 is 1.09 bits per heavy atom. The zero-order chi connectivity index (χ0) is 16.4. The summed E-state index contributed by atoms with van der Waals surface area (Å²) >= 11 is 0. The third-order valence-corrected chi connectivity index (χ3v) is 4.12. The Bertz CT molecular complexity index is 840. The van der Waals surface area contributed by atoms with Crippen molar-refractivity contribution in [1.29, 1.82) is 0 Å². The molecule has 3 rings (SSSR count). The van der Waals surface area contributed by atoms with E-state index >= 15 is 0 Å². The van der Waals surface area contributed by atoms with Gasteiger partial charge < -0.3 is 10.3 Å². The lowest BCUT2D eigenvalue weighted by Crippen LogP contribution is -2.36. The van der Waals surface area contributed by atoms with Crippen LogP contribution in [-0.2, 0) is 0 Å². The summed E-state index contributed by atoms with van der Waals surface area (Å²) in [6.07, 6.45) is 1.74. The molecule has 2 unspecified atom stereocenters. The monoisotopic (exact) mass is 310 g/mol. The van der Waals surface area contributed by atoms with Crippen molar-refractivity contribution < 1.29 is 9.18 Å². The van der Waals surface area contributed by atoms with Crippen LogP contribution in [0.1, 0.15) is 35.8 Å². The van der Waals surface area contributed by atoms with Crippen LogP contribution < -0.4 is 5.32 Å². The quantitative estimate of drug-likeness (QED) is 0.693. The van der Waals surface area contributed by atoms with E-state index in [1.165, 1.54) is 6.07 Å². The lowest BCUT2D eigenvalue weighted by atomic mass is 10.0. The highest BCUT2D eigenvalue weighted by Gasteiger charge is 2.21. The van der Waals surface area contributed by atoms with Gasteiger partial charge in [-0.25, -0.2) is 4.39 Å². The molecule has 0 spiro atoms. The molecule has 4 heteroatoms. The fourth-order valence-corrected chi connectivity index (χ4v) is 2.88. The summed E-state index contributed by atoms with van der Waals surface area (Å²) < 4.78 is 13.8.